The van der Waals surface area contributed by atoms with Crippen molar-refractivity contribution in [3.8, 4) is 11.1 Å². The lowest BCUT2D eigenvalue weighted by Crippen LogP contribution is -2.39. The monoisotopic (exact) mass is 385 g/mol. The molecular formula is C16H16F3N4O4+. The molecule has 0 saturated carbocycles. The van der Waals surface area contributed by atoms with Crippen LogP contribution < -0.4 is 16.0 Å². The van der Waals surface area contributed by atoms with Gasteiger partial charge < -0.3 is 15.0 Å². The first-order valence-electron chi connectivity index (χ1n) is 7.79. The van der Waals surface area contributed by atoms with Crippen molar-refractivity contribution in [3.05, 3.63) is 47.1 Å². The highest BCUT2D eigenvalue weighted by Crippen LogP contribution is 2.17. The van der Waals surface area contributed by atoms with Crippen LogP contribution in [0.4, 0.5) is 13.2 Å². The Morgan fingerprint density at radius 2 is 2.00 bits per heavy atom. The molecule has 11 heteroatoms. The molecule has 0 fully saturated rings. The molecule has 0 unspecified atom stereocenters. The normalized spacial score (nSPS) is 11.3. The number of halogens is 3. The van der Waals surface area contributed by atoms with Crippen LogP contribution in [0.25, 0.3) is 11.1 Å². The van der Waals surface area contributed by atoms with Gasteiger partial charge in [0, 0.05) is 37.0 Å². The van der Waals surface area contributed by atoms with Gasteiger partial charge in [-0.05, 0) is 16.7 Å². The molecule has 2 N–H and O–H groups in total. The van der Waals surface area contributed by atoms with Gasteiger partial charge in [0.05, 0.1) is 0 Å². The zero-order chi connectivity index (χ0) is 20.0. The molecule has 27 heavy (non-hydrogen) atoms. The van der Waals surface area contributed by atoms with Gasteiger partial charge in [0.2, 0.25) is 0 Å². The van der Waals surface area contributed by atoms with Gasteiger partial charge in [-0.3, -0.25) is 9.59 Å². The Morgan fingerprint density at radius 1 is 1.26 bits per heavy atom. The topological polar surface area (TPSA) is 108 Å². The second-order valence-corrected chi connectivity index (χ2v) is 5.42. The fraction of sp³-hybridized carbons (Fsp3) is 0.312. The van der Waals surface area contributed by atoms with Crippen LogP contribution in [0.3, 0.4) is 0 Å². The maximum Gasteiger partial charge on any atom is 0.491 e. The number of nitrogens with two attached hydrogens (primary N) is 1. The molecule has 0 spiro atoms. The van der Waals surface area contributed by atoms with Gasteiger partial charge >= 0.3 is 18.1 Å². The van der Waals surface area contributed by atoms with Crippen molar-refractivity contribution >= 4 is 11.9 Å². The Bertz CT molecular complexity index is 878. The third kappa shape index (κ3) is 5.71. The summed E-state index contributed by atoms with van der Waals surface area (Å²) in [5, 5.41) is 4.02. The Morgan fingerprint density at radius 3 is 2.56 bits per heavy atom. The summed E-state index contributed by atoms with van der Waals surface area (Å²) in [6.07, 6.45) is -1.15. The number of esters is 2. The standard InChI is InChI=1S/C16H16F3N4O4/c17-16(18,19)15(26)27-14(25)3-7-23-6-2-12(10-21-23)11-1-5-22(8-4-20)13(24)9-11/h1-2,5-6,9-10H,3-4,7-8,20H2/q+1. The number of alkyl halides is 3. The van der Waals surface area contributed by atoms with E-state index in [1.165, 1.54) is 27.7 Å². The number of carbonyl (C=O) groups excluding carboxylic acids is 2. The van der Waals surface area contributed by atoms with Crippen LogP contribution in [0.2, 0.25) is 0 Å². The summed E-state index contributed by atoms with van der Waals surface area (Å²) in [4.78, 5) is 33.7. The van der Waals surface area contributed by atoms with Crippen molar-refractivity contribution in [1.82, 2.24) is 9.67 Å². The molecule has 0 aromatic carbocycles. The van der Waals surface area contributed by atoms with Crippen molar-refractivity contribution in [2.75, 3.05) is 6.54 Å². The summed E-state index contributed by atoms with van der Waals surface area (Å²) < 4.78 is 42.4. The summed E-state index contributed by atoms with van der Waals surface area (Å²) in [6.45, 7) is 0.657. The van der Waals surface area contributed by atoms with E-state index < -0.39 is 24.5 Å². The smallest absolute Gasteiger partial charge is 0.386 e. The van der Waals surface area contributed by atoms with Crippen LogP contribution in [0, 0.1) is 0 Å². The minimum Gasteiger partial charge on any atom is -0.386 e. The molecule has 2 aromatic rings. The zero-order valence-electron chi connectivity index (χ0n) is 14.0. The zero-order valence-corrected chi connectivity index (χ0v) is 14.0. The van der Waals surface area contributed by atoms with E-state index in [9.17, 15) is 27.6 Å². The summed E-state index contributed by atoms with van der Waals surface area (Å²) in [7, 11) is 0. The molecule has 0 aliphatic rings. The van der Waals surface area contributed by atoms with Gasteiger partial charge in [0.1, 0.15) is 12.6 Å². The Hall–Kier alpha value is -3.08. The van der Waals surface area contributed by atoms with Crippen molar-refractivity contribution in [3.63, 3.8) is 0 Å². The molecule has 144 valence electrons. The van der Waals surface area contributed by atoms with Gasteiger partial charge in [-0.1, -0.05) is 4.68 Å². The van der Waals surface area contributed by atoms with Gasteiger partial charge in [-0.25, -0.2) is 4.79 Å². The summed E-state index contributed by atoms with van der Waals surface area (Å²) in [5.74, 6) is -3.86. The molecule has 0 aliphatic heterocycles. The number of pyridine rings is 1. The minimum atomic E-state index is -5.22. The number of ether oxygens (including phenoxy) is 1. The van der Waals surface area contributed by atoms with Gasteiger partial charge in [-0.2, -0.15) is 13.2 Å². The first-order chi connectivity index (χ1) is 12.7. The Balaban J connectivity index is 1.97. The molecule has 0 atom stereocenters. The first-order valence-corrected chi connectivity index (χ1v) is 7.79. The number of nitrogens with zero attached hydrogens (tertiary/aromatic N) is 3. The maximum absolute atomic E-state index is 12.0. The predicted octanol–water partition coefficient (Wildman–Crippen LogP) is 0.179. The van der Waals surface area contributed by atoms with E-state index in [1.54, 1.807) is 18.3 Å². The molecular weight excluding hydrogens is 369 g/mol. The first kappa shape index (κ1) is 20.2. The average molecular weight is 385 g/mol. The maximum atomic E-state index is 12.0. The predicted molar refractivity (Wildman–Crippen MR) is 85.0 cm³/mol. The highest BCUT2D eigenvalue weighted by molar-refractivity contribution is 5.88. The van der Waals surface area contributed by atoms with E-state index in [-0.39, 0.29) is 12.1 Å². The second-order valence-electron chi connectivity index (χ2n) is 5.42. The highest BCUT2D eigenvalue weighted by atomic mass is 19.4. The second kappa shape index (κ2) is 8.54. The SMILES string of the molecule is NCCn1ccc(-c2cc[n+](CCC(=O)OC(=O)C(F)(F)F)nc2)cc1=O. The van der Waals surface area contributed by atoms with E-state index in [1.807, 2.05) is 0 Å². The molecule has 0 saturated heterocycles. The van der Waals surface area contributed by atoms with Crippen LogP contribution in [-0.2, 0) is 27.4 Å². The summed E-state index contributed by atoms with van der Waals surface area (Å²) >= 11 is 0. The molecule has 2 rings (SSSR count). The molecule has 0 aliphatic carbocycles. The molecule has 2 heterocycles. The summed E-state index contributed by atoms with van der Waals surface area (Å²) in [6, 6.07) is 4.77. The van der Waals surface area contributed by atoms with Crippen molar-refractivity contribution in [1.29, 1.82) is 0 Å². The van der Waals surface area contributed by atoms with Gasteiger partial charge in [-0.15, -0.1) is 0 Å². The van der Waals surface area contributed by atoms with Crippen LogP contribution in [0.15, 0.2) is 41.6 Å². The van der Waals surface area contributed by atoms with Crippen LogP contribution >= 0.6 is 0 Å². The number of aromatic nitrogens is 3. The number of hydrogen-bond acceptors (Lipinski definition) is 6. The quantitative estimate of drug-likeness (QED) is 0.432. The van der Waals surface area contributed by atoms with E-state index in [2.05, 4.69) is 9.84 Å². The number of rotatable bonds is 6. The Kier molecular flexibility index (Phi) is 6.40. The minimum absolute atomic E-state index is 0.0810. The van der Waals surface area contributed by atoms with Gasteiger partial charge in [0.25, 0.3) is 5.56 Å². The fourth-order valence-corrected chi connectivity index (χ4v) is 2.12. The van der Waals surface area contributed by atoms with Crippen LogP contribution in [0.5, 0.6) is 0 Å². The average Bonchev–Trinajstić information content (AvgIpc) is 2.61. The van der Waals surface area contributed by atoms with Gasteiger partial charge in [0.15, 0.2) is 12.7 Å². The molecule has 0 bridgehead atoms. The molecule has 2 aromatic heterocycles. The van der Waals surface area contributed by atoms with E-state index in [0.29, 0.717) is 24.2 Å². The van der Waals surface area contributed by atoms with Crippen molar-refractivity contribution in [2.45, 2.75) is 25.7 Å². The molecule has 0 radical (unpaired) electrons. The number of hydrogen-bond donors (Lipinski definition) is 1. The van der Waals surface area contributed by atoms with E-state index in [4.69, 9.17) is 5.73 Å². The lowest BCUT2D eigenvalue weighted by molar-refractivity contribution is -0.752. The van der Waals surface area contributed by atoms with Crippen molar-refractivity contribution < 1.29 is 32.2 Å². The Labute approximate surface area is 151 Å². The van der Waals surface area contributed by atoms with E-state index in [0.717, 1.165) is 0 Å². The third-order valence-corrected chi connectivity index (χ3v) is 3.45. The molecule has 8 nitrogen and oxygen atoms in total. The third-order valence-electron chi connectivity index (χ3n) is 3.45. The number of aryl methyl sites for hydroxylation is 1. The largest absolute Gasteiger partial charge is 0.491 e. The number of carbonyl (C=O) groups is 2. The lowest BCUT2D eigenvalue weighted by atomic mass is 10.1. The lowest BCUT2D eigenvalue weighted by Gasteiger charge is -2.05. The van der Waals surface area contributed by atoms with Crippen LogP contribution in [-0.4, -0.2) is 34.3 Å². The summed E-state index contributed by atoms with van der Waals surface area (Å²) in [5.41, 5.74) is 6.46. The fourth-order valence-electron chi connectivity index (χ4n) is 2.12. The van der Waals surface area contributed by atoms with Crippen molar-refractivity contribution in [2.24, 2.45) is 5.73 Å². The molecule has 0 amide bonds. The highest BCUT2D eigenvalue weighted by Gasteiger charge is 2.42. The van der Waals surface area contributed by atoms with E-state index >= 15 is 0 Å². The van der Waals surface area contributed by atoms with Crippen LogP contribution in [0.1, 0.15) is 6.42 Å².